The standard InChI is InChI=1S/C20H24N6O2/c1-24(2)19-20(22-10-9-21-19)28-15-6-5-11-25(12-15)18(27)13-26-14-23-16-7-3-4-8-17(16)26/h3-4,7-10,14-15H,5-6,11-13H2,1-2H3. The van der Waals surface area contributed by atoms with Gasteiger partial charge in [-0.05, 0) is 25.0 Å². The molecule has 146 valence electrons. The number of hydrogen-bond donors (Lipinski definition) is 0. The molecule has 1 unspecified atom stereocenters. The molecule has 1 aliphatic heterocycles. The van der Waals surface area contributed by atoms with Gasteiger partial charge < -0.3 is 19.1 Å². The SMILES string of the molecule is CN(C)c1nccnc1OC1CCCN(C(=O)Cn2cnc3ccccc32)C1. The summed E-state index contributed by atoms with van der Waals surface area (Å²) in [5, 5.41) is 0. The molecule has 8 nitrogen and oxygen atoms in total. The number of anilines is 1. The van der Waals surface area contributed by atoms with Gasteiger partial charge in [-0.15, -0.1) is 0 Å². The van der Waals surface area contributed by atoms with Crippen molar-refractivity contribution in [2.24, 2.45) is 0 Å². The first-order valence-corrected chi connectivity index (χ1v) is 9.44. The first-order chi connectivity index (χ1) is 13.6. The van der Waals surface area contributed by atoms with Crippen LogP contribution in [-0.4, -0.2) is 63.6 Å². The Labute approximate surface area is 163 Å². The van der Waals surface area contributed by atoms with E-state index in [0.29, 0.717) is 18.2 Å². The van der Waals surface area contributed by atoms with Gasteiger partial charge >= 0.3 is 0 Å². The minimum atomic E-state index is -0.0902. The number of carbonyl (C=O) groups excluding carboxylic acids is 1. The van der Waals surface area contributed by atoms with Gasteiger partial charge in [-0.1, -0.05) is 12.1 Å². The number of imidazole rings is 1. The average molecular weight is 380 g/mol. The van der Waals surface area contributed by atoms with E-state index in [4.69, 9.17) is 4.74 Å². The van der Waals surface area contributed by atoms with Gasteiger partial charge in [-0.25, -0.2) is 15.0 Å². The Hall–Kier alpha value is -3.16. The van der Waals surface area contributed by atoms with Gasteiger partial charge in [0.25, 0.3) is 5.88 Å². The molecule has 0 radical (unpaired) electrons. The van der Waals surface area contributed by atoms with Gasteiger partial charge in [-0.2, -0.15) is 0 Å². The van der Waals surface area contributed by atoms with Crippen molar-refractivity contribution in [3.05, 3.63) is 43.0 Å². The van der Waals surface area contributed by atoms with Crippen molar-refractivity contribution in [2.75, 3.05) is 32.1 Å². The van der Waals surface area contributed by atoms with Gasteiger partial charge in [-0.3, -0.25) is 4.79 Å². The van der Waals surface area contributed by atoms with E-state index < -0.39 is 0 Å². The number of aromatic nitrogens is 4. The van der Waals surface area contributed by atoms with E-state index in [1.165, 1.54) is 0 Å². The highest BCUT2D eigenvalue weighted by molar-refractivity contribution is 5.80. The average Bonchev–Trinajstić information content (AvgIpc) is 3.11. The second-order valence-corrected chi connectivity index (χ2v) is 7.16. The lowest BCUT2D eigenvalue weighted by Crippen LogP contribution is -2.45. The largest absolute Gasteiger partial charge is 0.470 e. The second-order valence-electron chi connectivity index (χ2n) is 7.16. The van der Waals surface area contributed by atoms with Crippen molar-refractivity contribution in [1.29, 1.82) is 0 Å². The van der Waals surface area contributed by atoms with Gasteiger partial charge in [0.15, 0.2) is 5.82 Å². The van der Waals surface area contributed by atoms with Crippen molar-refractivity contribution in [2.45, 2.75) is 25.5 Å². The number of fused-ring (bicyclic) bond motifs is 1. The van der Waals surface area contributed by atoms with Crippen LogP contribution in [-0.2, 0) is 11.3 Å². The number of para-hydroxylation sites is 2. The summed E-state index contributed by atoms with van der Waals surface area (Å²) in [6, 6.07) is 7.83. The number of piperidine rings is 1. The zero-order valence-corrected chi connectivity index (χ0v) is 16.2. The quantitative estimate of drug-likeness (QED) is 0.674. The molecule has 0 N–H and O–H groups in total. The molecule has 0 spiro atoms. The summed E-state index contributed by atoms with van der Waals surface area (Å²) in [5.41, 5.74) is 1.87. The topological polar surface area (TPSA) is 76.4 Å². The summed E-state index contributed by atoms with van der Waals surface area (Å²) in [4.78, 5) is 29.6. The number of nitrogens with zero attached hydrogens (tertiary/aromatic N) is 6. The molecule has 3 heterocycles. The molecule has 28 heavy (non-hydrogen) atoms. The van der Waals surface area contributed by atoms with Gasteiger partial charge in [0.2, 0.25) is 5.91 Å². The fourth-order valence-corrected chi connectivity index (χ4v) is 3.51. The normalized spacial score (nSPS) is 16.9. The summed E-state index contributed by atoms with van der Waals surface area (Å²) in [7, 11) is 3.81. The third-order valence-corrected chi connectivity index (χ3v) is 4.91. The van der Waals surface area contributed by atoms with Crippen LogP contribution in [0.1, 0.15) is 12.8 Å². The molecule has 2 aromatic heterocycles. The van der Waals surface area contributed by atoms with Crippen molar-refractivity contribution in [1.82, 2.24) is 24.4 Å². The summed E-state index contributed by atoms with van der Waals surface area (Å²) >= 11 is 0. The van der Waals surface area contributed by atoms with Crippen LogP contribution in [0.5, 0.6) is 5.88 Å². The van der Waals surface area contributed by atoms with Crippen LogP contribution in [0.4, 0.5) is 5.82 Å². The number of ether oxygens (including phenoxy) is 1. The Balaban J connectivity index is 1.43. The molecule has 4 rings (SSSR count). The first kappa shape index (κ1) is 18.2. The highest BCUT2D eigenvalue weighted by atomic mass is 16.5. The first-order valence-electron chi connectivity index (χ1n) is 9.44. The molecule has 0 saturated carbocycles. The molecule has 1 saturated heterocycles. The molecule has 0 bridgehead atoms. The highest BCUT2D eigenvalue weighted by Crippen LogP contribution is 2.24. The molecule has 1 amide bonds. The van der Waals surface area contributed by atoms with Crippen molar-refractivity contribution >= 4 is 22.8 Å². The Morgan fingerprint density at radius 3 is 2.89 bits per heavy atom. The second kappa shape index (κ2) is 7.84. The summed E-state index contributed by atoms with van der Waals surface area (Å²) in [6.45, 7) is 1.57. The predicted octanol–water partition coefficient (Wildman–Crippen LogP) is 1.96. The van der Waals surface area contributed by atoms with E-state index in [1.807, 2.05) is 52.7 Å². The van der Waals surface area contributed by atoms with E-state index in [9.17, 15) is 4.79 Å². The van der Waals surface area contributed by atoms with E-state index in [0.717, 1.165) is 30.4 Å². The van der Waals surface area contributed by atoms with Crippen molar-refractivity contribution in [3.8, 4) is 5.88 Å². The Morgan fingerprint density at radius 2 is 2.04 bits per heavy atom. The molecule has 8 heteroatoms. The van der Waals surface area contributed by atoms with Crippen LogP contribution in [0, 0.1) is 0 Å². The molecule has 1 aliphatic rings. The third-order valence-electron chi connectivity index (χ3n) is 4.91. The fraction of sp³-hybridized carbons (Fsp3) is 0.400. The molecule has 1 fully saturated rings. The van der Waals surface area contributed by atoms with E-state index in [1.54, 1.807) is 18.7 Å². The van der Waals surface area contributed by atoms with E-state index in [2.05, 4.69) is 15.0 Å². The van der Waals surface area contributed by atoms with Gasteiger partial charge in [0.05, 0.1) is 23.9 Å². The maximum Gasteiger partial charge on any atom is 0.257 e. The monoisotopic (exact) mass is 380 g/mol. The van der Waals surface area contributed by atoms with Gasteiger partial charge in [0, 0.05) is 33.0 Å². The van der Waals surface area contributed by atoms with Crippen LogP contribution in [0.2, 0.25) is 0 Å². The zero-order chi connectivity index (χ0) is 19.5. The Kier molecular flexibility index (Phi) is 5.10. The molecular weight excluding hydrogens is 356 g/mol. The van der Waals surface area contributed by atoms with Crippen LogP contribution in [0.3, 0.4) is 0 Å². The zero-order valence-electron chi connectivity index (χ0n) is 16.2. The third kappa shape index (κ3) is 3.76. The van der Waals surface area contributed by atoms with Gasteiger partial charge in [0.1, 0.15) is 12.6 Å². The number of carbonyl (C=O) groups is 1. The fourth-order valence-electron chi connectivity index (χ4n) is 3.51. The van der Waals surface area contributed by atoms with E-state index in [-0.39, 0.29) is 18.6 Å². The molecule has 3 aromatic rings. The predicted molar refractivity (Wildman–Crippen MR) is 106 cm³/mol. The molecule has 1 aromatic carbocycles. The Morgan fingerprint density at radius 1 is 1.21 bits per heavy atom. The summed E-state index contributed by atoms with van der Waals surface area (Å²) in [5.74, 6) is 1.27. The molecular formula is C20H24N6O2. The molecule has 1 atom stereocenters. The lowest BCUT2D eigenvalue weighted by Gasteiger charge is -2.33. The number of hydrogen-bond acceptors (Lipinski definition) is 6. The van der Waals surface area contributed by atoms with Crippen molar-refractivity contribution < 1.29 is 9.53 Å². The van der Waals surface area contributed by atoms with Crippen LogP contribution in [0.25, 0.3) is 11.0 Å². The van der Waals surface area contributed by atoms with Crippen molar-refractivity contribution in [3.63, 3.8) is 0 Å². The molecule has 0 aliphatic carbocycles. The van der Waals surface area contributed by atoms with E-state index >= 15 is 0 Å². The van der Waals surface area contributed by atoms with Crippen LogP contribution in [0.15, 0.2) is 43.0 Å². The minimum absolute atomic E-state index is 0.0726. The number of amides is 1. The minimum Gasteiger partial charge on any atom is -0.470 e. The summed E-state index contributed by atoms with van der Waals surface area (Å²) < 4.78 is 8.00. The number of benzene rings is 1. The number of likely N-dealkylation sites (tertiary alicyclic amines) is 1. The highest BCUT2D eigenvalue weighted by Gasteiger charge is 2.26. The van der Waals surface area contributed by atoms with Crippen LogP contribution >= 0.6 is 0 Å². The Bertz CT molecular complexity index is 970. The number of rotatable bonds is 5. The smallest absolute Gasteiger partial charge is 0.257 e. The lowest BCUT2D eigenvalue weighted by atomic mass is 10.1. The lowest BCUT2D eigenvalue weighted by molar-refractivity contribution is -0.134. The van der Waals surface area contributed by atoms with Crippen LogP contribution < -0.4 is 9.64 Å². The maximum absolute atomic E-state index is 12.9. The maximum atomic E-state index is 12.9. The summed E-state index contributed by atoms with van der Waals surface area (Å²) in [6.07, 6.45) is 6.70.